The van der Waals surface area contributed by atoms with Crippen molar-refractivity contribution in [2.75, 3.05) is 11.4 Å². The van der Waals surface area contributed by atoms with E-state index in [1.165, 1.54) is 12.8 Å². The number of fused-ring (bicyclic) bond motifs is 1. The highest BCUT2D eigenvalue weighted by Gasteiger charge is 2.39. The molecule has 0 bridgehead atoms. The maximum Gasteiger partial charge on any atom is 0.246 e. The van der Waals surface area contributed by atoms with Crippen molar-refractivity contribution in [3.8, 4) is 0 Å². The van der Waals surface area contributed by atoms with Gasteiger partial charge in [0.15, 0.2) is 0 Å². The third-order valence-electron chi connectivity index (χ3n) is 4.94. The van der Waals surface area contributed by atoms with Gasteiger partial charge in [-0.1, -0.05) is 31.0 Å². The normalized spacial score (nSPS) is 24.8. The molecule has 1 saturated heterocycles. The molecule has 4 nitrogen and oxygen atoms in total. The lowest BCUT2D eigenvalue weighted by molar-refractivity contribution is -0.136. The lowest BCUT2D eigenvalue weighted by atomic mass is 10.1. The van der Waals surface area contributed by atoms with Gasteiger partial charge in [-0.15, -0.1) is 0 Å². The van der Waals surface area contributed by atoms with E-state index < -0.39 is 0 Å². The Bertz CT molecular complexity index is 584. The van der Waals surface area contributed by atoms with Gasteiger partial charge < -0.3 is 4.90 Å². The molecular formula is C18H24N2O2. The topological polar surface area (TPSA) is 40.6 Å². The summed E-state index contributed by atoms with van der Waals surface area (Å²) < 4.78 is 0. The fraction of sp³-hybridized carbons (Fsp3) is 0.556. The smallest absolute Gasteiger partial charge is 0.246 e. The second kappa shape index (κ2) is 6.11. The molecule has 2 amide bonds. The molecule has 0 spiro atoms. The fourth-order valence-electron chi connectivity index (χ4n) is 3.77. The summed E-state index contributed by atoms with van der Waals surface area (Å²) in [5, 5.41) is 0. The zero-order valence-corrected chi connectivity index (χ0v) is 13.4. The maximum absolute atomic E-state index is 13.1. The second-order valence-electron chi connectivity index (χ2n) is 6.47. The van der Waals surface area contributed by atoms with Crippen LogP contribution in [-0.2, 0) is 16.0 Å². The minimum atomic E-state index is -0.365. The zero-order valence-electron chi connectivity index (χ0n) is 13.4. The summed E-state index contributed by atoms with van der Waals surface area (Å²) in [6.07, 6.45) is 5.14. The molecule has 0 radical (unpaired) electrons. The van der Waals surface area contributed by atoms with Crippen molar-refractivity contribution >= 4 is 17.5 Å². The molecule has 118 valence electrons. The largest absolute Gasteiger partial charge is 0.338 e. The molecule has 1 aromatic carbocycles. The molecule has 2 heterocycles. The highest BCUT2D eigenvalue weighted by molar-refractivity contribution is 6.02. The SMILES string of the molecule is CC(=O)N1c2ccccc2C[C@H]1C(=O)N1CCCCC[C@@H]1C. The quantitative estimate of drug-likeness (QED) is 0.800. The van der Waals surface area contributed by atoms with Crippen molar-refractivity contribution in [1.82, 2.24) is 4.90 Å². The first-order valence-corrected chi connectivity index (χ1v) is 8.28. The van der Waals surface area contributed by atoms with Crippen molar-refractivity contribution < 1.29 is 9.59 Å². The average Bonchev–Trinajstić information content (AvgIpc) is 2.76. The van der Waals surface area contributed by atoms with Crippen LogP contribution >= 0.6 is 0 Å². The lowest BCUT2D eigenvalue weighted by Crippen LogP contribution is -2.51. The van der Waals surface area contributed by atoms with Crippen molar-refractivity contribution in [2.45, 2.75) is 58.0 Å². The van der Waals surface area contributed by atoms with Crippen molar-refractivity contribution in [1.29, 1.82) is 0 Å². The van der Waals surface area contributed by atoms with Crippen LogP contribution in [0.1, 0.15) is 45.1 Å². The molecule has 0 aliphatic carbocycles. The Labute approximate surface area is 132 Å². The van der Waals surface area contributed by atoms with Gasteiger partial charge in [0.25, 0.3) is 0 Å². The van der Waals surface area contributed by atoms with E-state index in [9.17, 15) is 9.59 Å². The van der Waals surface area contributed by atoms with E-state index in [2.05, 4.69) is 6.92 Å². The van der Waals surface area contributed by atoms with Crippen molar-refractivity contribution in [2.24, 2.45) is 0 Å². The molecule has 0 N–H and O–H groups in total. The Balaban J connectivity index is 1.87. The summed E-state index contributed by atoms with van der Waals surface area (Å²) in [7, 11) is 0. The summed E-state index contributed by atoms with van der Waals surface area (Å²) in [4.78, 5) is 28.9. The van der Waals surface area contributed by atoms with Crippen LogP contribution in [0.3, 0.4) is 0 Å². The van der Waals surface area contributed by atoms with Crippen LogP contribution in [-0.4, -0.2) is 35.3 Å². The number of amides is 2. The van der Waals surface area contributed by atoms with E-state index in [0.29, 0.717) is 6.42 Å². The third kappa shape index (κ3) is 2.62. The van der Waals surface area contributed by atoms with Gasteiger partial charge in [-0.2, -0.15) is 0 Å². The molecule has 0 unspecified atom stereocenters. The fourth-order valence-corrected chi connectivity index (χ4v) is 3.77. The van der Waals surface area contributed by atoms with Crippen molar-refractivity contribution in [3.05, 3.63) is 29.8 Å². The number of para-hydroxylation sites is 1. The van der Waals surface area contributed by atoms with Gasteiger partial charge in [0, 0.05) is 31.6 Å². The first-order valence-electron chi connectivity index (χ1n) is 8.28. The van der Waals surface area contributed by atoms with Gasteiger partial charge in [-0.05, 0) is 31.4 Å². The summed E-state index contributed by atoms with van der Waals surface area (Å²) in [5.74, 6) is 0.0616. The predicted molar refractivity (Wildman–Crippen MR) is 86.7 cm³/mol. The first kappa shape index (κ1) is 15.1. The van der Waals surface area contributed by atoms with E-state index in [0.717, 1.165) is 30.6 Å². The van der Waals surface area contributed by atoms with Crippen LogP contribution in [0.4, 0.5) is 5.69 Å². The van der Waals surface area contributed by atoms with Crippen molar-refractivity contribution in [3.63, 3.8) is 0 Å². The number of benzene rings is 1. The van der Waals surface area contributed by atoms with Crippen LogP contribution in [0, 0.1) is 0 Å². The zero-order chi connectivity index (χ0) is 15.7. The Morgan fingerprint density at radius 1 is 1.14 bits per heavy atom. The monoisotopic (exact) mass is 300 g/mol. The summed E-state index contributed by atoms with van der Waals surface area (Å²) in [6.45, 7) is 4.50. The summed E-state index contributed by atoms with van der Waals surface area (Å²) in [5.41, 5.74) is 1.99. The van der Waals surface area contributed by atoms with Gasteiger partial charge in [-0.25, -0.2) is 0 Å². The first-order chi connectivity index (χ1) is 10.6. The third-order valence-corrected chi connectivity index (χ3v) is 4.94. The van der Waals surface area contributed by atoms with Crippen LogP contribution in [0.5, 0.6) is 0 Å². The minimum absolute atomic E-state index is 0.0502. The van der Waals surface area contributed by atoms with Gasteiger partial charge in [0.05, 0.1) is 0 Å². The molecule has 2 aliphatic heterocycles. The standard InChI is InChI=1S/C18H24N2O2/c1-13-8-4-3-7-11-19(13)18(22)17-12-15-9-5-6-10-16(15)20(17)14(2)21/h5-6,9-10,13,17H,3-4,7-8,11-12H2,1-2H3/t13-,17-/m0/s1. The van der Waals surface area contributed by atoms with Gasteiger partial charge in [0.1, 0.15) is 6.04 Å². The van der Waals surface area contributed by atoms with E-state index in [1.54, 1.807) is 11.8 Å². The number of carbonyl (C=O) groups is 2. The Morgan fingerprint density at radius 2 is 1.91 bits per heavy atom. The Hall–Kier alpha value is -1.84. The number of nitrogens with zero attached hydrogens (tertiary/aromatic N) is 2. The van der Waals surface area contributed by atoms with E-state index in [4.69, 9.17) is 0 Å². The van der Waals surface area contributed by atoms with E-state index in [-0.39, 0.29) is 23.9 Å². The molecule has 1 fully saturated rings. The van der Waals surface area contributed by atoms with Crippen LogP contribution in [0.15, 0.2) is 24.3 Å². The maximum atomic E-state index is 13.1. The van der Waals surface area contributed by atoms with Gasteiger partial charge in [0.2, 0.25) is 11.8 Å². The Morgan fingerprint density at radius 3 is 2.68 bits per heavy atom. The second-order valence-corrected chi connectivity index (χ2v) is 6.47. The number of rotatable bonds is 1. The molecule has 0 aromatic heterocycles. The molecule has 2 aliphatic rings. The molecule has 3 rings (SSSR count). The van der Waals surface area contributed by atoms with Gasteiger partial charge in [-0.3, -0.25) is 14.5 Å². The predicted octanol–water partition coefficient (Wildman–Crippen LogP) is 2.76. The van der Waals surface area contributed by atoms with E-state index >= 15 is 0 Å². The number of anilines is 1. The number of hydrogen-bond acceptors (Lipinski definition) is 2. The lowest BCUT2D eigenvalue weighted by Gasteiger charge is -2.33. The van der Waals surface area contributed by atoms with Crippen LogP contribution in [0.2, 0.25) is 0 Å². The average molecular weight is 300 g/mol. The molecule has 2 atom stereocenters. The molecule has 22 heavy (non-hydrogen) atoms. The minimum Gasteiger partial charge on any atom is -0.338 e. The molecular weight excluding hydrogens is 276 g/mol. The van der Waals surface area contributed by atoms with Crippen LogP contribution < -0.4 is 4.90 Å². The molecule has 4 heteroatoms. The van der Waals surface area contributed by atoms with Crippen LogP contribution in [0.25, 0.3) is 0 Å². The van der Waals surface area contributed by atoms with E-state index in [1.807, 2.05) is 29.2 Å². The number of hydrogen-bond donors (Lipinski definition) is 0. The molecule has 1 aromatic rings. The number of carbonyl (C=O) groups excluding carboxylic acids is 2. The summed E-state index contributed by atoms with van der Waals surface area (Å²) >= 11 is 0. The number of likely N-dealkylation sites (tertiary alicyclic amines) is 1. The highest BCUT2D eigenvalue weighted by atomic mass is 16.2. The Kier molecular flexibility index (Phi) is 4.19. The molecule has 0 saturated carbocycles. The summed E-state index contributed by atoms with van der Waals surface area (Å²) in [6, 6.07) is 7.76. The van der Waals surface area contributed by atoms with Gasteiger partial charge >= 0.3 is 0 Å². The highest BCUT2D eigenvalue weighted by Crippen LogP contribution is 2.33.